The number of carbonyl (C=O) groups is 1. The Bertz CT molecular complexity index is 667. The number of nitrogens with one attached hydrogen (secondary N) is 1. The first-order valence-corrected chi connectivity index (χ1v) is 6.10. The number of allylic oxidation sites excluding steroid dienone is 1. The van der Waals surface area contributed by atoms with Gasteiger partial charge in [0, 0.05) is 18.8 Å². The fourth-order valence-corrected chi connectivity index (χ4v) is 1.72. The first kappa shape index (κ1) is 13.5. The summed E-state index contributed by atoms with van der Waals surface area (Å²) in [6.45, 7) is 1.46. The second-order valence-corrected chi connectivity index (χ2v) is 4.19. The number of carbonyl (C=O) groups excluding carboxylic acids is 1. The van der Waals surface area contributed by atoms with Gasteiger partial charge in [0.15, 0.2) is 0 Å². The van der Waals surface area contributed by atoms with E-state index in [1.54, 1.807) is 36.5 Å². The highest BCUT2D eigenvalue weighted by Crippen LogP contribution is 2.17. The van der Waals surface area contributed by atoms with Crippen LogP contribution < -0.4 is 5.32 Å². The van der Waals surface area contributed by atoms with Gasteiger partial charge in [-0.1, -0.05) is 18.2 Å². The van der Waals surface area contributed by atoms with Gasteiger partial charge in [0.25, 0.3) is 0 Å². The maximum Gasteiger partial charge on any atom is 0.221 e. The van der Waals surface area contributed by atoms with Crippen LogP contribution in [0.3, 0.4) is 0 Å². The molecular formula is C16H13N3O. The molecule has 2 aromatic rings. The van der Waals surface area contributed by atoms with Gasteiger partial charge in [0.05, 0.1) is 11.3 Å². The van der Waals surface area contributed by atoms with Crippen LogP contribution in [0.4, 0.5) is 5.69 Å². The molecule has 98 valence electrons. The van der Waals surface area contributed by atoms with Crippen molar-refractivity contribution in [3.05, 3.63) is 59.9 Å². The minimum absolute atomic E-state index is 0.112. The lowest BCUT2D eigenvalue weighted by Gasteiger charge is -2.02. The topological polar surface area (TPSA) is 65.8 Å². The summed E-state index contributed by atoms with van der Waals surface area (Å²) in [5.41, 5.74) is 2.74. The maximum absolute atomic E-state index is 10.9. The van der Waals surface area contributed by atoms with E-state index in [0.717, 1.165) is 11.3 Å². The first-order chi connectivity index (χ1) is 9.69. The standard InChI is InChI=1S/C16H13N3O/c1-12(20)19-15-7-5-13(6-8-15)10-14(11-17)16-4-2-3-9-18-16/h2-10H,1H3,(H,19,20)/b14-10+. The maximum atomic E-state index is 10.9. The predicted octanol–water partition coefficient (Wildman–Crippen LogP) is 3.10. The predicted molar refractivity (Wildman–Crippen MR) is 78.5 cm³/mol. The Labute approximate surface area is 117 Å². The molecular weight excluding hydrogens is 250 g/mol. The van der Waals surface area contributed by atoms with E-state index < -0.39 is 0 Å². The van der Waals surface area contributed by atoms with Gasteiger partial charge in [-0.05, 0) is 35.9 Å². The molecule has 4 nitrogen and oxygen atoms in total. The summed E-state index contributed by atoms with van der Waals surface area (Å²) >= 11 is 0. The third-order valence-electron chi connectivity index (χ3n) is 2.60. The van der Waals surface area contributed by atoms with Crippen LogP contribution in [0.1, 0.15) is 18.2 Å². The van der Waals surface area contributed by atoms with E-state index >= 15 is 0 Å². The minimum Gasteiger partial charge on any atom is -0.326 e. The van der Waals surface area contributed by atoms with Crippen LogP contribution in [0.5, 0.6) is 0 Å². The van der Waals surface area contributed by atoms with Crippen molar-refractivity contribution in [3.63, 3.8) is 0 Å². The molecule has 0 fully saturated rings. The van der Waals surface area contributed by atoms with Crippen LogP contribution in [0, 0.1) is 11.3 Å². The van der Waals surface area contributed by atoms with Crippen molar-refractivity contribution in [1.29, 1.82) is 5.26 Å². The Balaban J connectivity index is 2.25. The highest BCUT2D eigenvalue weighted by atomic mass is 16.1. The van der Waals surface area contributed by atoms with Crippen molar-refractivity contribution in [2.45, 2.75) is 6.92 Å². The van der Waals surface area contributed by atoms with Gasteiger partial charge >= 0.3 is 0 Å². The molecule has 1 aromatic carbocycles. The summed E-state index contributed by atoms with van der Waals surface area (Å²) in [4.78, 5) is 15.1. The summed E-state index contributed by atoms with van der Waals surface area (Å²) in [7, 11) is 0. The molecule has 0 bridgehead atoms. The van der Waals surface area contributed by atoms with E-state index in [0.29, 0.717) is 11.3 Å². The average Bonchev–Trinajstić information content (AvgIpc) is 2.47. The number of anilines is 1. The number of hydrogen-bond acceptors (Lipinski definition) is 3. The highest BCUT2D eigenvalue weighted by molar-refractivity contribution is 5.90. The normalized spacial score (nSPS) is 10.7. The molecule has 0 spiro atoms. The molecule has 1 heterocycles. The molecule has 20 heavy (non-hydrogen) atoms. The van der Waals surface area contributed by atoms with Crippen molar-refractivity contribution >= 4 is 23.2 Å². The number of nitrogens with zero attached hydrogens (tertiary/aromatic N) is 2. The number of benzene rings is 1. The molecule has 2 rings (SSSR count). The molecule has 4 heteroatoms. The second kappa shape index (κ2) is 6.30. The summed E-state index contributed by atoms with van der Waals surface area (Å²) < 4.78 is 0. The van der Waals surface area contributed by atoms with Gasteiger partial charge in [0.2, 0.25) is 5.91 Å². The number of aromatic nitrogens is 1. The van der Waals surface area contributed by atoms with E-state index in [4.69, 9.17) is 0 Å². The number of hydrogen-bond donors (Lipinski definition) is 1. The van der Waals surface area contributed by atoms with Crippen molar-refractivity contribution in [1.82, 2.24) is 4.98 Å². The fraction of sp³-hybridized carbons (Fsp3) is 0.0625. The summed E-state index contributed by atoms with van der Waals surface area (Å²) in [6, 6.07) is 14.8. The monoisotopic (exact) mass is 263 g/mol. The minimum atomic E-state index is -0.112. The Morgan fingerprint density at radius 3 is 2.55 bits per heavy atom. The Hall–Kier alpha value is -2.93. The van der Waals surface area contributed by atoms with E-state index in [1.807, 2.05) is 18.2 Å². The highest BCUT2D eigenvalue weighted by Gasteiger charge is 2.02. The molecule has 1 amide bonds. The molecule has 1 aromatic heterocycles. The SMILES string of the molecule is CC(=O)Nc1ccc(/C=C(\C#N)c2ccccn2)cc1. The molecule has 0 saturated carbocycles. The molecule has 1 N–H and O–H groups in total. The summed E-state index contributed by atoms with van der Waals surface area (Å²) in [5.74, 6) is -0.112. The average molecular weight is 263 g/mol. The van der Waals surface area contributed by atoms with Crippen LogP contribution in [-0.2, 0) is 4.79 Å². The zero-order valence-electron chi connectivity index (χ0n) is 11.0. The Morgan fingerprint density at radius 1 is 1.25 bits per heavy atom. The summed E-state index contributed by atoms with van der Waals surface area (Å²) in [6.07, 6.45) is 3.42. The van der Waals surface area contributed by atoms with E-state index in [2.05, 4.69) is 16.4 Å². The lowest BCUT2D eigenvalue weighted by atomic mass is 10.1. The third-order valence-corrected chi connectivity index (χ3v) is 2.60. The smallest absolute Gasteiger partial charge is 0.221 e. The molecule has 0 saturated heterocycles. The zero-order chi connectivity index (χ0) is 14.4. The largest absolute Gasteiger partial charge is 0.326 e. The molecule has 0 atom stereocenters. The quantitative estimate of drug-likeness (QED) is 0.865. The molecule has 0 aliphatic heterocycles. The number of rotatable bonds is 3. The lowest BCUT2D eigenvalue weighted by Crippen LogP contribution is -2.05. The van der Waals surface area contributed by atoms with Gasteiger partial charge in [0.1, 0.15) is 6.07 Å². The lowest BCUT2D eigenvalue weighted by molar-refractivity contribution is -0.114. The van der Waals surface area contributed by atoms with Gasteiger partial charge in [-0.2, -0.15) is 5.26 Å². The number of nitriles is 1. The Morgan fingerprint density at radius 2 is 2.00 bits per heavy atom. The third kappa shape index (κ3) is 3.53. The van der Waals surface area contributed by atoms with Crippen LogP contribution in [0.15, 0.2) is 48.7 Å². The fourth-order valence-electron chi connectivity index (χ4n) is 1.72. The van der Waals surface area contributed by atoms with Crippen molar-refractivity contribution in [3.8, 4) is 6.07 Å². The molecule has 0 unspecified atom stereocenters. The van der Waals surface area contributed by atoms with E-state index in [9.17, 15) is 10.1 Å². The second-order valence-electron chi connectivity index (χ2n) is 4.19. The van der Waals surface area contributed by atoms with Gasteiger partial charge in [-0.25, -0.2) is 0 Å². The summed E-state index contributed by atoms with van der Waals surface area (Å²) in [5, 5.41) is 11.9. The number of pyridine rings is 1. The first-order valence-electron chi connectivity index (χ1n) is 6.10. The van der Waals surface area contributed by atoms with Crippen LogP contribution in [-0.4, -0.2) is 10.9 Å². The van der Waals surface area contributed by atoms with Gasteiger partial charge < -0.3 is 5.32 Å². The van der Waals surface area contributed by atoms with Crippen molar-refractivity contribution in [2.24, 2.45) is 0 Å². The van der Waals surface area contributed by atoms with Gasteiger partial charge in [-0.3, -0.25) is 9.78 Å². The van der Waals surface area contributed by atoms with Crippen molar-refractivity contribution < 1.29 is 4.79 Å². The van der Waals surface area contributed by atoms with Gasteiger partial charge in [-0.15, -0.1) is 0 Å². The van der Waals surface area contributed by atoms with Crippen LogP contribution in [0.2, 0.25) is 0 Å². The van der Waals surface area contributed by atoms with Crippen LogP contribution in [0.25, 0.3) is 11.6 Å². The Kier molecular flexibility index (Phi) is 4.25. The molecule has 0 radical (unpaired) electrons. The molecule has 0 aliphatic carbocycles. The molecule has 0 aliphatic rings. The van der Waals surface area contributed by atoms with Crippen LogP contribution >= 0.6 is 0 Å². The van der Waals surface area contributed by atoms with E-state index in [-0.39, 0.29) is 5.91 Å². The van der Waals surface area contributed by atoms with Crippen molar-refractivity contribution in [2.75, 3.05) is 5.32 Å². The number of amides is 1. The van der Waals surface area contributed by atoms with E-state index in [1.165, 1.54) is 6.92 Å². The zero-order valence-corrected chi connectivity index (χ0v) is 11.0.